The maximum Gasteiger partial charge on any atom is 0.246 e. The maximum absolute atomic E-state index is 11.0. The number of rotatable bonds is 4. The van der Waals surface area contributed by atoms with E-state index in [2.05, 4.69) is 18.8 Å². The summed E-state index contributed by atoms with van der Waals surface area (Å²) in [5.74, 6) is -0.0362. The monoisotopic (exact) mass is 155 g/mol. The number of carbonyl (C=O) groups is 1. The first-order valence-corrected chi connectivity index (χ1v) is 4.04. The Morgan fingerprint density at radius 1 is 1.64 bits per heavy atom. The molecule has 0 aromatic heterocycles. The van der Waals surface area contributed by atoms with Crippen molar-refractivity contribution < 1.29 is 4.79 Å². The van der Waals surface area contributed by atoms with E-state index in [1.807, 2.05) is 6.92 Å². The molecule has 1 amide bonds. The van der Waals surface area contributed by atoms with Gasteiger partial charge in [-0.3, -0.25) is 4.79 Å². The van der Waals surface area contributed by atoms with Gasteiger partial charge >= 0.3 is 0 Å². The fourth-order valence-electron chi connectivity index (χ4n) is 0.852. The van der Waals surface area contributed by atoms with E-state index in [4.69, 9.17) is 0 Å². The lowest BCUT2D eigenvalue weighted by molar-refractivity contribution is -0.118. The molecule has 64 valence electrons. The molecule has 0 bridgehead atoms. The van der Waals surface area contributed by atoms with E-state index in [1.165, 1.54) is 0 Å². The zero-order valence-electron chi connectivity index (χ0n) is 7.61. The first kappa shape index (κ1) is 10.2. The maximum atomic E-state index is 11.0. The molecule has 0 radical (unpaired) electrons. The van der Waals surface area contributed by atoms with Crippen molar-refractivity contribution in [2.45, 2.75) is 39.7 Å². The van der Waals surface area contributed by atoms with Gasteiger partial charge in [0.15, 0.2) is 0 Å². The SMILES string of the molecule is C=C(C)C(=O)NC(C)CCC. The third-order valence-corrected chi connectivity index (χ3v) is 1.49. The van der Waals surface area contributed by atoms with E-state index < -0.39 is 0 Å². The van der Waals surface area contributed by atoms with Crippen LogP contribution in [0.4, 0.5) is 0 Å². The second kappa shape index (κ2) is 4.94. The highest BCUT2D eigenvalue weighted by Gasteiger charge is 2.05. The van der Waals surface area contributed by atoms with Crippen LogP contribution in [0.25, 0.3) is 0 Å². The lowest BCUT2D eigenvalue weighted by Crippen LogP contribution is -2.32. The van der Waals surface area contributed by atoms with Gasteiger partial charge in [0.25, 0.3) is 0 Å². The lowest BCUT2D eigenvalue weighted by atomic mass is 10.2. The zero-order valence-corrected chi connectivity index (χ0v) is 7.61. The van der Waals surface area contributed by atoms with E-state index in [1.54, 1.807) is 6.92 Å². The highest BCUT2D eigenvalue weighted by atomic mass is 16.1. The normalized spacial score (nSPS) is 12.3. The fourth-order valence-corrected chi connectivity index (χ4v) is 0.852. The number of hydrogen-bond donors (Lipinski definition) is 1. The van der Waals surface area contributed by atoms with Gasteiger partial charge in [-0.25, -0.2) is 0 Å². The van der Waals surface area contributed by atoms with Crippen LogP contribution in [0.15, 0.2) is 12.2 Å². The average molecular weight is 155 g/mol. The van der Waals surface area contributed by atoms with Crippen LogP contribution in [0.3, 0.4) is 0 Å². The minimum Gasteiger partial charge on any atom is -0.350 e. The largest absolute Gasteiger partial charge is 0.350 e. The van der Waals surface area contributed by atoms with Crippen LogP contribution in [0.5, 0.6) is 0 Å². The molecule has 0 saturated heterocycles. The first-order chi connectivity index (χ1) is 5.07. The van der Waals surface area contributed by atoms with E-state index in [0.29, 0.717) is 5.57 Å². The topological polar surface area (TPSA) is 29.1 Å². The Morgan fingerprint density at radius 2 is 2.18 bits per heavy atom. The first-order valence-electron chi connectivity index (χ1n) is 4.04. The highest BCUT2D eigenvalue weighted by Crippen LogP contribution is 1.96. The summed E-state index contributed by atoms with van der Waals surface area (Å²) in [5.41, 5.74) is 0.577. The molecule has 0 aromatic carbocycles. The van der Waals surface area contributed by atoms with Gasteiger partial charge in [-0.15, -0.1) is 0 Å². The van der Waals surface area contributed by atoms with Crippen molar-refractivity contribution in [3.63, 3.8) is 0 Å². The molecule has 0 aromatic rings. The van der Waals surface area contributed by atoms with Gasteiger partial charge in [-0.1, -0.05) is 19.9 Å². The quantitative estimate of drug-likeness (QED) is 0.617. The van der Waals surface area contributed by atoms with Gasteiger partial charge in [-0.2, -0.15) is 0 Å². The second-order valence-electron chi connectivity index (χ2n) is 2.94. The van der Waals surface area contributed by atoms with Crippen molar-refractivity contribution >= 4 is 5.91 Å². The Kier molecular flexibility index (Phi) is 4.59. The molecule has 0 spiro atoms. The molecule has 1 N–H and O–H groups in total. The molecule has 1 atom stereocenters. The molecule has 2 nitrogen and oxygen atoms in total. The summed E-state index contributed by atoms with van der Waals surface area (Å²) in [6, 6.07) is 0.268. The summed E-state index contributed by atoms with van der Waals surface area (Å²) in [6.07, 6.45) is 2.12. The third-order valence-electron chi connectivity index (χ3n) is 1.49. The van der Waals surface area contributed by atoms with Crippen LogP contribution in [0.2, 0.25) is 0 Å². The molecular weight excluding hydrogens is 138 g/mol. The summed E-state index contributed by atoms with van der Waals surface area (Å²) >= 11 is 0. The standard InChI is InChI=1S/C9H17NO/c1-5-6-8(4)10-9(11)7(2)3/h8H,2,5-6H2,1,3-4H3,(H,10,11). The Balaban J connectivity index is 3.66. The molecule has 2 heteroatoms. The molecule has 0 rings (SSSR count). The Morgan fingerprint density at radius 3 is 2.55 bits per heavy atom. The van der Waals surface area contributed by atoms with Gasteiger partial charge < -0.3 is 5.32 Å². The van der Waals surface area contributed by atoms with E-state index in [0.717, 1.165) is 12.8 Å². The number of hydrogen-bond acceptors (Lipinski definition) is 1. The third kappa shape index (κ3) is 4.59. The molecule has 1 unspecified atom stereocenters. The predicted octanol–water partition coefficient (Wildman–Crippen LogP) is 1.87. The smallest absolute Gasteiger partial charge is 0.246 e. The molecule has 0 aliphatic heterocycles. The van der Waals surface area contributed by atoms with Crippen LogP contribution in [0.1, 0.15) is 33.6 Å². The molecule has 11 heavy (non-hydrogen) atoms. The van der Waals surface area contributed by atoms with Crippen LogP contribution >= 0.6 is 0 Å². The van der Waals surface area contributed by atoms with Crippen LogP contribution in [-0.2, 0) is 4.79 Å². The Hall–Kier alpha value is -0.790. The number of carbonyl (C=O) groups excluding carboxylic acids is 1. The molecule has 0 heterocycles. The number of amides is 1. The predicted molar refractivity (Wildman–Crippen MR) is 47.3 cm³/mol. The van der Waals surface area contributed by atoms with Crippen molar-refractivity contribution in [1.29, 1.82) is 0 Å². The minimum absolute atomic E-state index is 0.0362. The van der Waals surface area contributed by atoms with Crippen LogP contribution in [0, 0.1) is 0 Å². The lowest BCUT2D eigenvalue weighted by Gasteiger charge is -2.11. The Labute approximate surface area is 68.7 Å². The zero-order chi connectivity index (χ0) is 8.85. The summed E-state index contributed by atoms with van der Waals surface area (Å²) < 4.78 is 0. The summed E-state index contributed by atoms with van der Waals surface area (Å²) in [7, 11) is 0. The second-order valence-corrected chi connectivity index (χ2v) is 2.94. The van der Waals surface area contributed by atoms with E-state index in [9.17, 15) is 4.79 Å². The highest BCUT2D eigenvalue weighted by molar-refractivity contribution is 5.92. The van der Waals surface area contributed by atoms with Crippen LogP contribution in [-0.4, -0.2) is 11.9 Å². The Bertz CT molecular complexity index is 152. The minimum atomic E-state index is -0.0362. The molecule has 0 aliphatic carbocycles. The molecule has 0 fully saturated rings. The van der Waals surface area contributed by atoms with Crippen molar-refractivity contribution in [2.75, 3.05) is 0 Å². The van der Waals surface area contributed by atoms with E-state index >= 15 is 0 Å². The molecule has 0 saturated carbocycles. The van der Waals surface area contributed by atoms with Gasteiger partial charge in [0, 0.05) is 11.6 Å². The summed E-state index contributed by atoms with van der Waals surface area (Å²) in [5, 5.41) is 2.84. The summed E-state index contributed by atoms with van der Waals surface area (Å²) in [4.78, 5) is 11.0. The van der Waals surface area contributed by atoms with E-state index in [-0.39, 0.29) is 11.9 Å². The average Bonchev–Trinajstić information content (AvgIpc) is 1.87. The van der Waals surface area contributed by atoms with Gasteiger partial charge in [0.1, 0.15) is 0 Å². The van der Waals surface area contributed by atoms with Gasteiger partial charge in [-0.05, 0) is 20.3 Å². The molecule has 0 aliphatic rings. The molecular formula is C9H17NO. The number of nitrogens with one attached hydrogen (secondary N) is 1. The van der Waals surface area contributed by atoms with Crippen molar-refractivity contribution in [3.05, 3.63) is 12.2 Å². The van der Waals surface area contributed by atoms with Crippen molar-refractivity contribution in [3.8, 4) is 0 Å². The van der Waals surface area contributed by atoms with Gasteiger partial charge in [0.2, 0.25) is 5.91 Å². The van der Waals surface area contributed by atoms with Gasteiger partial charge in [0.05, 0.1) is 0 Å². The fraction of sp³-hybridized carbons (Fsp3) is 0.667. The summed E-state index contributed by atoms with van der Waals surface area (Å²) in [6.45, 7) is 9.38. The van der Waals surface area contributed by atoms with Crippen LogP contribution < -0.4 is 5.32 Å². The van der Waals surface area contributed by atoms with Crippen molar-refractivity contribution in [2.24, 2.45) is 0 Å². The van der Waals surface area contributed by atoms with Crippen molar-refractivity contribution in [1.82, 2.24) is 5.32 Å².